The molecule has 1 saturated heterocycles. The molecule has 25 heavy (non-hydrogen) atoms. The lowest BCUT2D eigenvalue weighted by Crippen LogP contribution is -3.12. The van der Waals surface area contributed by atoms with Crippen molar-refractivity contribution >= 4 is 16.9 Å². The molecule has 0 radical (unpaired) electrons. The molecule has 1 N–H and O–H groups in total. The molecule has 0 amide bonds. The summed E-state index contributed by atoms with van der Waals surface area (Å²) >= 11 is 0. The van der Waals surface area contributed by atoms with Gasteiger partial charge in [-0.1, -0.05) is 0 Å². The first-order chi connectivity index (χ1) is 12.1. The second kappa shape index (κ2) is 7.70. The summed E-state index contributed by atoms with van der Waals surface area (Å²) in [4.78, 5) is 25.2. The van der Waals surface area contributed by atoms with Crippen LogP contribution in [0.3, 0.4) is 0 Å². The predicted molar refractivity (Wildman–Crippen MR) is 92.8 cm³/mol. The van der Waals surface area contributed by atoms with E-state index in [1.54, 1.807) is 19.2 Å². The van der Waals surface area contributed by atoms with Gasteiger partial charge in [0.2, 0.25) is 0 Å². The molecule has 1 fully saturated rings. The molecule has 0 bridgehead atoms. The highest BCUT2D eigenvalue weighted by Gasteiger charge is 2.30. The molecule has 2 atom stereocenters. The summed E-state index contributed by atoms with van der Waals surface area (Å²) in [5.74, 6) is 0.484. The van der Waals surface area contributed by atoms with Crippen LogP contribution in [0.5, 0.6) is 5.75 Å². The molecular weight excluding hydrogens is 322 g/mol. The van der Waals surface area contributed by atoms with E-state index in [2.05, 4.69) is 0 Å². The molecule has 2 heterocycles. The van der Waals surface area contributed by atoms with Crippen molar-refractivity contribution in [3.05, 3.63) is 40.2 Å². The summed E-state index contributed by atoms with van der Waals surface area (Å²) in [6.45, 7) is 4.64. The Balaban J connectivity index is 1.82. The van der Waals surface area contributed by atoms with E-state index in [0.29, 0.717) is 24.5 Å². The molecule has 134 valence electrons. The lowest BCUT2D eigenvalue weighted by atomic mass is 9.97. The fourth-order valence-corrected chi connectivity index (χ4v) is 3.53. The molecule has 6 heteroatoms. The zero-order valence-electron chi connectivity index (χ0n) is 14.7. The Labute approximate surface area is 146 Å². The maximum absolute atomic E-state index is 12.0. The van der Waals surface area contributed by atoms with Crippen molar-refractivity contribution in [2.75, 3.05) is 26.8 Å². The summed E-state index contributed by atoms with van der Waals surface area (Å²) in [5, 5.41) is 0.908. The third-order valence-electron chi connectivity index (χ3n) is 4.72. The minimum Gasteiger partial charge on any atom is -0.497 e. The zero-order chi connectivity index (χ0) is 17.8. The summed E-state index contributed by atoms with van der Waals surface area (Å²) in [6, 6.07) is 7.06. The molecule has 0 spiro atoms. The van der Waals surface area contributed by atoms with Crippen LogP contribution in [0.15, 0.2) is 33.5 Å². The molecule has 0 aliphatic carbocycles. The number of piperidine rings is 1. The average molecular weight is 346 g/mol. The van der Waals surface area contributed by atoms with E-state index in [1.165, 1.54) is 4.90 Å². The van der Waals surface area contributed by atoms with Gasteiger partial charge >= 0.3 is 11.6 Å². The molecular formula is C19H24NO5+. The Morgan fingerprint density at radius 2 is 2.20 bits per heavy atom. The van der Waals surface area contributed by atoms with Crippen molar-refractivity contribution < 1.29 is 23.6 Å². The SMILES string of the molecule is CCOC(=O)[C@H]1CCC[NH+](Cc2cc(=O)oc3cc(OC)ccc23)C1. The number of methoxy groups -OCH3 is 1. The van der Waals surface area contributed by atoms with Crippen LogP contribution in [0.1, 0.15) is 25.3 Å². The second-order valence-electron chi connectivity index (χ2n) is 6.42. The van der Waals surface area contributed by atoms with Gasteiger partial charge in [-0.25, -0.2) is 4.79 Å². The molecule has 0 saturated carbocycles. The number of hydrogen-bond donors (Lipinski definition) is 1. The number of rotatable bonds is 5. The Morgan fingerprint density at radius 1 is 1.36 bits per heavy atom. The number of carbonyl (C=O) groups excluding carboxylic acids is 1. The molecule has 3 rings (SSSR count). The van der Waals surface area contributed by atoms with Crippen molar-refractivity contribution in [1.29, 1.82) is 0 Å². The molecule has 6 nitrogen and oxygen atoms in total. The topological polar surface area (TPSA) is 70.2 Å². The summed E-state index contributed by atoms with van der Waals surface area (Å²) in [6.07, 6.45) is 1.85. The summed E-state index contributed by atoms with van der Waals surface area (Å²) in [7, 11) is 1.58. The largest absolute Gasteiger partial charge is 0.497 e. The Bertz CT molecular complexity index is 813. The summed E-state index contributed by atoms with van der Waals surface area (Å²) < 4.78 is 15.7. The van der Waals surface area contributed by atoms with E-state index in [4.69, 9.17) is 13.9 Å². The minimum absolute atomic E-state index is 0.0600. The number of esters is 1. The van der Waals surface area contributed by atoms with Gasteiger partial charge in [-0.3, -0.25) is 4.79 Å². The first-order valence-corrected chi connectivity index (χ1v) is 8.71. The second-order valence-corrected chi connectivity index (χ2v) is 6.42. The van der Waals surface area contributed by atoms with E-state index >= 15 is 0 Å². The standard InChI is InChI=1S/C19H23NO5/c1-3-24-19(22)13-5-4-8-20(11-13)12-14-9-18(21)25-17-10-15(23-2)6-7-16(14)17/h6-7,9-10,13H,3-5,8,11-12H2,1-2H3/p+1/t13-/m0/s1. The third kappa shape index (κ3) is 4.02. The number of nitrogens with one attached hydrogen (secondary N) is 1. The van der Waals surface area contributed by atoms with E-state index in [1.807, 2.05) is 19.1 Å². The number of fused-ring (bicyclic) bond motifs is 1. The molecule has 1 aliphatic heterocycles. The van der Waals surface area contributed by atoms with Gasteiger partial charge in [0.05, 0.1) is 26.8 Å². The van der Waals surface area contributed by atoms with Gasteiger partial charge in [0, 0.05) is 23.1 Å². The van der Waals surface area contributed by atoms with Crippen molar-refractivity contribution in [2.24, 2.45) is 5.92 Å². The maximum atomic E-state index is 12.0. The average Bonchev–Trinajstić information content (AvgIpc) is 2.61. The van der Waals surface area contributed by atoms with Crippen molar-refractivity contribution in [1.82, 2.24) is 0 Å². The van der Waals surface area contributed by atoms with Crippen molar-refractivity contribution in [3.63, 3.8) is 0 Å². The fraction of sp³-hybridized carbons (Fsp3) is 0.474. The number of hydrogen-bond acceptors (Lipinski definition) is 5. The lowest BCUT2D eigenvalue weighted by Gasteiger charge is -2.28. The highest BCUT2D eigenvalue weighted by atomic mass is 16.5. The number of benzene rings is 1. The van der Waals surface area contributed by atoms with Crippen LogP contribution in [0, 0.1) is 5.92 Å². The normalized spacial score (nSPS) is 20.4. The van der Waals surface area contributed by atoms with E-state index in [-0.39, 0.29) is 17.5 Å². The number of carbonyl (C=O) groups is 1. The smallest absolute Gasteiger partial charge is 0.336 e. The Morgan fingerprint density at radius 3 is 2.96 bits per heavy atom. The van der Waals surface area contributed by atoms with Crippen LogP contribution in [-0.4, -0.2) is 32.8 Å². The van der Waals surface area contributed by atoms with Gasteiger partial charge < -0.3 is 18.8 Å². The quantitative estimate of drug-likeness (QED) is 0.650. The van der Waals surface area contributed by atoms with Crippen LogP contribution >= 0.6 is 0 Å². The van der Waals surface area contributed by atoms with Crippen LogP contribution in [0.25, 0.3) is 11.0 Å². The van der Waals surface area contributed by atoms with E-state index < -0.39 is 0 Å². The van der Waals surface area contributed by atoms with E-state index in [9.17, 15) is 9.59 Å². The highest BCUT2D eigenvalue weighted by Crippen LogP contribution is 2.22. The molecule has 1 aromatic carbocycles. The third-order valence-corrected chi connectivity index (χ3v) is 4.72. The van der Waals surface area contributed by atoms with Gasteiger partial charge in [0.15, 0.2) is 0 Å². The predicted octanol–water partition coefficient (Wildman–Crippen LogP) is 1.16. The van der Waals surface area contributed by atoms with Crippen molar-refractivity contribution in [2.45, 2.75) is 26.3 Å². The van der Waals surface area contributed by atoms with Crippen LogP contribution < -0.4 is 15.3 Å². The van der Waals surface area contributed by atoms with Gasteiger partial charge in [0.25, 0.3) is 0 Å². The summed E-state index contributed by atoms with van der Waals surface area (Å²) in [5.41, 5.74) is 1.10. The highest BCUT2D eigenvalue weighted by molar-refractivity contribution is 5.81. The van der Waals surface area contributed by atoms with Crippen LogP contribution in [-0.2, 0) is 16.1 Å². The fourth-order valence-electron chi connectivity index (χ4n) is 3.53. The first-order valence-electron chi connectivity index (χ1n) is 8.71. The molecule has 1 aliphatic rings. The molecule has 2 aromatic rings. The zero-order valence-corrected chi connectivity index (χ0v) is 14.7. The van der Waals surface area contributed by atoms with Gasteiger partial charge in [0.1, 0.15) is 23.8 Å². The first kappa shape index (κ1) is 17.5. The maximum Gasteiger partial charge on any atom is 0.336 e. The van der Waals surface area contributed by atoms with Crippen molar-refractivity contribution in [3.8, 4) is 5.75 Å². The van der Waals surface area contributed by atoms with Gasteiger partial charge in [-0.2, -0.15) is 0 Å². The Hall–Kier alpha value is -2.34. The monoisotopic (exact) mass is 346 g/mol. The minimum atomic E-state index is -0.367. The molecule has 1 unspecified atom stereocenters. The Kier molecular flexibility index (Phi) is 5.38. The van der Waals surface area contributed by atoms with E-state index in [0.717, 1.165) is 36.9 Å². The number of likely N-dealkylation sites (tertiary alicyclic amines) is 1. The van der Waals surface area contributed by atoms with Gasteiger partial charge in [-0.05, 0) is 31.9 Å². The lowest BCUT2D eigenvalue weighted by molar-refractivity contribution is -0.921. The van der Waals surface area contributed by atoms with Crippen LogP contribution in [0.2, 0.25) is 0 Å². The number of quaternary nitrogens is 1. The molecule has 1 aromatic heterocycles. The van der Waals surface area contributed by atoms with Gasteiger partial charge in [-0.15, -0.1) is 0 Å². The number of ether oxygens (including phenoxy) is 2. The van der Waals surface area contributed by atoms with Crippen LogP contribution in [0.4, 0.5) is 0 Å².